The first-order valence-electron chi connectivity index (χ1n) is 7.98. The van der Waals surface area contributed by atoms with Gasteiger partial charge >= 0.3 is 5.97 Å². The number of fused-ring (bicyclic) bond motifs is 3. The first-order chi connectivity index (χ1) is 12.2. The van der Waals surface area contributed by atoms with E-state index < -0.39 is 5.97 Å². The smallest absolute Gasteiger partial charge is 0.338 e. The quantitative estimate of drug-likeness (QED) is 0.324. The number of carbonyl (C=O) groups excluding carboxylic acids is 1. The lowest BCUT2D eigenvalue weighted by molar-refractivity contribution is 0.0601. The van der Waals surface area contributed by atoms with Gasteiger partial charge in [-0.25, -0.2) is 4.79 Å². The van der Waals surface area contributed by atoms with Gasteiger partial charge in [0.15, 0.2) is 0 Å². The summed E-state index contributed by atoms with van der Waals surface area (Å²) in [6, 6.07) is 23.9. The lowest BCUT2D eigenvalue weighted by atomic mass is 9.91. The van der Waals surface area contributed by atoms with E-state index in [0.717, 1.165) is 27.3 Å². The molecule has 0 aliphatic carbocycles. The van der Waals surface area contributed by atoms with Crippen molar-refractivity contribution < 1.29 is 9.53 Å². The average Bonchev–Trinajstić information content (AvgIpc) is 2.67. The molecule has 122 valence electrons. The average molecular weight is 347 g/mol. The minimum Gasteiger partial charge on any atom is -0.465 e. The Bertz CT molecular complexity index is 1120. The highest BCUT2D eigenvalue weighted by molar-refractivity contribution is 6.31. The van der Waals surface area contributed by atoms with Crippen molar-refractivity contribution in [1.82, 2.24) is 0 Å². The van der Waals surface area contributed by atoms with E-state index in [1.165, 1.54) is 12.5 Å². The summed E-state index contributed by atoms with van der Waals surface area (Å²) in [5, 5.41) is 5.07. The number of methoxy groups -OCH3 is 1. The molecule has 0 N–H and O–H groups in total. The van der Waals surface area contributed by atoms with Crippen LogP contribution in [0.1, 0.15) is 10.4 Å². The molecular formula is C22H15ClO2. The van der Waals surface area contributed by atoms with E-state index >= 15 is 0 Å². The van der Waals surface area contributed by atoms with Crippen LogP contribution in [0.4, 0.5) is 0 Å². The molecule has 25 heavy (non-hydrogen) atoms. The molecule has 0 saturated carbocycles. The van der Waals surface area contributed by atoms with Crippen LogP contribution < -0.4 is 0 Å². The van der Waals surface area contributed by atoms with Gasteiger partial charge in [0.25, 0.3) is 0 Å². The van der Waals surface area contributed by atoms with Gasteiger partial charge in [0.1, 0.15) is 0 Å². The zero-order valence-corrected chi connectivity index (χ0v) is 14.4. The summed E-state index contributed by atoms with van der Waals surface area (Å²) in [6.07, 6.45) is 0. The second-order valence-corrected chi connectivity index (χ2v) is 6.31. The zero-order chi connectivity index (χ0) is 17.4. The maximum absolute atomic E-state index is 12.3. The molecule has 0 saturated heterocycles. The highest BCUT2D eigenvalue weighted by atomic mass is 35.5. The van der Waals surface area contributed by atoms with E-state index in [2.05, 4.69) is 30.3 Å². The van der Waals surface area contributed by atoms with Crippen LogP contribution in [0.3, 0.4) is 0 Å². The van der Waals surface area contributed by atoms with Crippen molar-refractivity contribution in [3.63, 3.8) is 0 Å². The second kappa shape index (κ2) is 6.23. The number of carbonyl (C=O) groups is 1. The van der Waals surface area contributed by atoms with E-state index in [9.17, 15) is 4.79 Å². The van der Waals surface area contributed by atoms with Gasteiger partial charge in [-0.15, -0.1) is 0 Å². The molecule has 0 radical (unpaired) electrons. The maximum Gasteiger partial charge on any atom is 0.338 e. The van der Waals surface area contributed by atoms with Gasteiger partial charge in [0, 0.05) is 5.02 Å². The molecule has 0 aliphatic heterocycles. The van der Waals surface area contributed by atoms with Crippen molar-refractivity contribution in [1.29, 1.82) is 0 Å². The van der Waals surface area contributed by atoms with Crippen LogP contribution in [0.25, 0.3) is 32.7 Å². The first-order valence-corrected chi connectivity index (χ1v) is 8.35. The van der Waals surface area contributed by atoms with E-state index in [-0.39, 0.29) is 0 Å². The van der Waals surface area contributed by atoms with Gasteiger partial charge in [-0.2, -0.15) is 0 Å². The normalized spacial score (nSPS) is 11.0. The Morgan fingerprint density at radius 2 is 1.48 bits per heavy atom. The highest BCUT2D eigenvalue weighted by Gasteiger charge is 2.17. The number of halogens is 1. The number of hydrogen-bond donors (Lipinski definition) is 0. The molecule has 0 spiro atoms. The fourth-order valence-corrected chi connectivity index (χ4v) is 3.48. The number of esters is 1. The molecule has 4 aromatic carbocycles. The highest BCUT2D eigenvalue weighted by Crippen LogP contribution is 2.37. The second-order valence-electron chi connectivity index (χ2n) is 5.87. The Hall–Kier alpha value is -2.84. The Morgan fingerprint density at radius 1 is 0.800 bits per heavy atom. The lowest BCUT2D eigenvalue weighted by Crippen LogP contribution is -2.03. The van der Waals surface area contributed by atoms with Crippen molar-refractivity contribution in [3.05, 3.63) is 83.4 Å². The molecule has 0 unspecified atom stereocenters. The monoisotopic (exact) mass is 346 g/mol. The van der Waals surface area contributed by atoms with E-state index in [4.69, 9.17) is 16.3 Å². The summed E-state index contributed by atoms with van der Waals surface area (Å²) in [5.74, 6) is -0.394. The third-order valence-electron chi connectivity index (χ3n) is 4.45. The standard InChI is InChI=1S/C22H15ClO2/c1-25-22(24)21-13-15(23)10-11-19(21)20-12-14-6-2-3-7-16(14)17-8-4-5-9-18(17)20/h2-13H,1H3. The molecular weight excluding hydrogens is 332 g/mol. The van der Waals surface area contributed by atoms with Gasteiger partial charge in [-0.1, -0.05) is 66.2 Å². The van der Waals surface area contributed by atoms with Gasteiger partial charge in [0.05, 0.1) is 12.7 Å². The predicted octanol–water partition coefficient (Wildman–Crippen LogP) is 6.10. The molecule has 0 aromatic heterocycles. The van der Waals surface area contributed by atoms with Crippen molar-refractivity contribution in [2.24, 2.45) is 0 Å². The largest absolute Gasteiger partial charge is 0.465 e. The van der Waals surface area contributed by atoms with Crippen LogP contribution in [0, 0.1) is 0 Å². The topological polar surface area (TPSA) is 26.3 Å². The summed E-state index contributed by atoms with van der Waals surface area (Å²) < 4.78 is 4.96. The molecule has 0 bridgehead atoms. The number of hydrogen-bond acceptors (Lipinski definition) is 2. The molecule has 3 heteroatoms. The third-order valence-corrected chi connectivity index (χ3v) is 4.68. The summed E-state index contributed by atoms with van der Waals surface area (Å²) >= 11 is 6.11. The SMILES string of the molecule is COC(=O)c1cc(Cl)ccc1-c1cc2ccccc2c2ccccc12. The van der Waals surface area contributed by atoms with Crippen LogP contribution in [0.15, 0.2) is 72.8 Å². The molecule has 0 atom stereocenters. The fraction of sp³-hybridized carbons (Fsp3) is 0.0455. The van der Waals surface area contributed by atoms with Crippen molar-refractivity contribution in [2.75, 3.05) is 7.11 Å². The third kappa shape index (κ3) is 2.65. The van der Waals surface area contributed by atoms with Crippen LogP contribution in [0.5, 0.6) is 0 Å². The van der Waals surface area contributed by atoms with Crippen molar-refractivity contribution in [2.45, 2.75) is 0 Å². The minimum atomic E-state index is -0.394. The number of ether oxygens (including phenoxy) is 1. The molecule has 4 aromatic rings. The first kappa shape index (κ1) is 15.7. The molecule has 0 amide bonds. The summed E-state index contributed by atoms with van der Waals surface area (Å²) in [6.45, 7) is 0. The Balaban J connectivity index is 2.12. The number of benzene rings is 4. The predicted molar refractivity (Wildman–Crippen MR) is 103 cm³/mol. The number of rotatable bonds is 2. The molecule has 0 fully saturated rings. The lowest BCUT2D eigenvalue weighted by Gasteiger charge is -2.14. The molecule has 0 aliphatic rings. The van der Waals surface area contributed by atoms with Crippen LogP contribution in [-0.2, 0) is 4.74 Å². The Kier molecular flexibility index (Phi) is 3.90. The van der Waals surface area contributed by atoms with Gasteiger partial charge in [-0.3, -0.25) is 0 Å². The van der Waals surface area contributed by atoms with Crippen LogP contribution in [0.2, 0.25) is 5.02 Å². The summed E-state index contributed by atoms with van der Waals surface area (Å²) in [7, 11) is 1.38. The van der Waals surface area contributed by atoms with Gasteiger partial charge in [-0.05, 0) is 50.9 Å². The van der Waals surface area contributed by atoms with Crippen molar-refractivity contribution >= 4 is 39.1 Å². The van der Waals surface area contributed by atoms with Gasteiger partial charge < -0.3 is 4.74 Å². The fourth-order valence-electron chi connectivity index (χ4n) is 3.31. The van der Waals surface area contributed by atoms with Crippen LogP contribution >= 0.6 is 11.6 Å². The molecule has 0 heterocycles. The summed E-state index contributed by atoms with van der Waals surface area (Å²) in [4.78, 5) is 12.3. The minimum absolute atomic E-state index is 0.394. The molecule has 2 nitrogen and oxygen atoms in total. The van der Waals surface area contributed by atoms with Crippen LogP contribution in [-0.4, -0.2) is 13.1 Å². The summed E-state index contributed by atoms with van der Waals surface area (Å²) in [5.41, 5.74) is 2.28. The van der Waals surface area contributed by atoms with Gasteiger partial charge in [0.2, 0.25) is 0 Å². The van der Waals surface area contributed by atoms with E-state index in [1.807, 2.05) is 30.3 Å². The van der Waals surface area contributed by atoms with E-state index in [1.54, 1.807) is 12.1 Å². The zero-order valence-electron chi connectivity index (χ0n) is 13.6. The maximum atomic E-state index is 12.3. The Morgan fingerprint density at radius 3 is 2.24 bits per heavy atom. The van der Waals surface area contributed by atoms with E-state index in [0.29, 0.717) is 10.6 Å². The molecule has 4 rings (SSSR count). The Labute approximate surface area is 150 Å². The van der Waals surface area contributed by atoms with Crippen molar-refractivity contribution in [3.8, 4) is 11.1 Å².